The number of Topliss-reactive ketones (excluding diaryl/α,β-unsaturated/α-hetero) is 1. The minimum atomic E-state index is -0.375. The van der Waals surface area contributed by atoms with Crippen LogP contribution in [0, 0.1) is 0 Å². The molecule has 0 aliphatic rings. The molecule has 0 aromatic rings. The zero-order valence-electron chi connectivity index (χ0n) is 20.0. The molecule has 0 fully saturated rings. The largest absolute Gasteiger partial charge is 0.346 e. The second-order valence-corrected chi connectivity index (χ2v) is 8.64. The summed E-state index contributed by atoms with van der Waals surface area (Å²) in [5.74, 6) is 0.0195. The van der Waals surface area contributed by atoms with Gasteiger partial charge in [-0.1, -0.05) is 96.8 Å². The van der Waals surface area contributed by atoms with E-state index in [1.165, 1.54) is 90.4 Å². The van der Waals surface area contributed by atoms with Crippen molar-refractivity contribution < 1.29 is 9.59 Å². The van der Waals surface area contributed by atoms with Gasteiger partial charge in [-0.05, 0) is 26.2 Å². The van der Waals surface area contributed by atoms with Gasteiger partial charge in [-0.15, -0.1) is 0 Å². The van der Waals surface area contributed by atoms with Crippen LogP contribution in [0.25, 0.3) is 0 Å². The third kappa shape index (κ3) is 19.9. The fourth-order valence-corrected chi connectivity index (χ4v) is 3.76. The maximum atomic E-state index is 12.1. The molecule has 1 atom stereocenters. The smallest absolute Gasteiger partial charge is 0.220 e. The van der Waals surface area contributed by atoms with Gasteiger partial charge in [0.2, 0.25) is 5.91 Å². The van der Waals surface area contributed by atoms with Gasteiger partial charge in [-0.3, -0.25) is 9.59 Å². The van der Waals surface area contributed by atoms with Crippen LogP contribution in [0.3, 0.4) is 0 Å². The summed E-state index contributed by atoms with van der Waals surface area (Å²) in [5, 5.41) is 6.45. The van der Waals surface area contributed by atoms with Crippen LogP contribution in [-0.2, 0) is 9.59 Å². The van der Waals surface area contributed by atoms with Gasteiger partial charge in [-0.25, -0.2) is 0 Å². The molecule has 30 heavy (non-hydrogen) atoms. The van der Waals surface area contributed by atoms with Crippen molar-refractivity contribution >= 4 is 18.4 Å². The van der Waals surface area contributed by atoms with Crippen molar-refractivity contribution in [3.63, 3.8) is 0 Å². The minimum Gasteiger partial charge on any atom is -0.346 e. The summed E-state index contributed by atoms with van der Waals surface area (Å²) >= 11 is 0. The minimum absolute atomic E-state index is 0.000279. The molecule has 0 aliphatic heterocycles. The molecule has 2 N–H and O–H groups in total. The summed E-state index contributed by atoms with van der Waals surface area (Å²) in [6, 6.07) is -0.375. The van der Waals surface area contributed by atoms with Crippen LogP contribution in [-0.4, -0.2) is 31.0 Å². The molecule has 0 bridgehead atoms. The van der Waals surface area contributed by atoms with Crippen LogP contribution < -0.4 is 10.7 Å². The molecule has 5 nitrogen and oxygen atoms in total. The lowest BCUT2D eigenvalue weighted by molar-refractivity contribution is -0.127. The number of amides is 1. The second kappa shape index (κ2) is 22.3. The van der Waals surface area contributed by atoms with Gasteiger partial charge >= 0.3 is 0 Å². The first-order chi connectivity index (χ1) is 14.6. The van der Waals surface area contributed by atoms with Gasteiger partial charge in [0.15, 0.2) is 5.78 Å². The highest BCUT2D eigenvalue weighted by atomic mass is 16.2. The summed E-state index contributed by atoms with van der Waals surface area (Å²) in [5.41, 5.74) is 2.77. The van der Waals surface area contributed by atoms with Crippen LogP contribution in [0.5, 0.6) is 0 Å². The maximum absolute atomic E-state index is 12.1. The normalized spacial score (nSPS) is 11.8. The number of rotatable bonds is 23. The van der Waals surface area contributed by atoms with Gasteiger partial charge in [0.05, 0.1) is 6.04 Å². The number of carbonyl (C=O) groups excluding carboxylic acids is 2. The zero-order valence-corrected chi connectivity index (χ0v) is 20.0. The summed E-state index contributed by atoms with van der Waals surface area (Å²) in [6.45, 7) is 7.83. The Morgan fingerprint density at radius 1 is 0.767 bits per heavy atom. The first-order valence-corrected chi connectivity index (χ1v) is 12.6. The molecule has 0 aromatic carbocycles. The molecule has 0 aliphatic carbocycles. The number of hydrogen-bond donors (Lipinski definition) is 2. The number of nitrogens with one attached hydrogen (secondary N) is 2. The van der Waals surface area contributed by atoms with E-state index in [4.69, 9.17) is 0 Å². The van der Waals surface area contributed by atoms with Gasteiger partial charge < -0.3 is 10.7 Å². The standard InChI is InChI=1S/C25H49N3O2/c1-4-5-6-7-8-9-10-11-12-13-14-15-16-17-18-21-25(30)28-24(23(2)29)20-19-22-27-26-3/h24,27H,3-22H2,1-2H3,(H,28,30). The van der Waals surface area contributed by atoms with E-state index < -0.39 is 0 Å². The zero-order chi connectivity index (χ0) is 22.3. The Kier molecular flexibility index (Phi) is 21.3. The molecular formula is C25H49N3O2. The first kappa shape index (κ1) is 28.6. The summed E-state index contributed by atoms with van der Waals surface area (Å²) in [6.07, 6.45) is 21.7. The topological polar surface area (TPSA) is 70.6 Å². The molecule has 0 spiro atoms. The Morgan fingerprint density at radius 3 is 1.67 bits per heavy atom. The van der Waals surface area contributed by atoms with Crippen molar-refractivity contribution in [3.05, 3.63) is 0 Å². The maximum Gasteiger partial charge on any atom is 0.220 e. The molecule has 176 valence electrons. The van der Waals surface area contributed by atoms with Crippen LogP contribution in [0.2, 0.25) is 0 Å². The number of nitrogens with zero attached hydrogens (tertiary/aromatic N) is 1. The number of hydrazone groups is 1. The Hall–Kier alpha value is -1.39. The van der Waals surface area contributed by atoms with Crippen molar-refractivity contribution in [3.8, 4) is 0 Å². The van der Waals surface area contributed by atoms with E-state index in [1.54, 1.807) is 0 Å². The van der Waals surface area contributed by atoms with Crippen LogP contribution >= 0.6 is 0 Å². The SMILES string of the molecule is C=NNCCCC(NC(=O)CCCCCCCCCCCCCCCCC)C(C)=O. The summed E-state index contributed by atoms with van der Waals surface area (Å²) in [7, 11) is 0. The summed E-state index contributed by atoms with van der Waals surface area (Å²) < 4.78 is 0. The highest BCUT2D eigenvalue weighted by molar-refractivity contribution is 5.87. The highest BCUT2D eigenvalue weighted by Crippen LogP contribution is 2.13. The fraction of sp³-hybridized carbons (Fsp3) is 0.880. The number of unbranched alkanes of at least 4 members (excludes halogenated alkanes) is 14. The van der Waals surface area contributed by atoms with Crippen LogP contribution in [0.15, 0.2) is 5.10 Å². The van der Waals surface area contributed by atoms with Crippen molar-refractivity contribution in [1.82, 2.24) is 10.7 Å². The van der Waals surface area contributed by atoms with E-state index in [0.29, 0.717) is 19.4 Å². The molecule has 0 heterocycles. The first-order valence-electron chi connectivity index (χ1n) is 12.6. The molecule has 1 amide bonds. The predicted octanol–water partition coefficient (Wildman–Crippen LogP) is 6.31. The third-order valence-electron chi connectivity index (χ3n) is 5.73. The van der Waals surface area contributed by atoms with E-state index in [1.807, 2.05) is 0 Å². The van der Waals surface area contributed by atoms with Gasteiger partial charge in [0, 0.05) is 19.7 Å². The molecule has 0 rings (SSSR count). The van der Waals surface area contributed by atoms with E-state index >= 15 is 0 Å². The quantitative estimate of drug-likeness (QED) is 0.115. The van der Waals surface area contributed by atoms with E-state index in [2.05, 4.69) is 29.5 Å². The Bertz CT molecular complexity index is 427. The highest BCUT2D eigenvalue weighted by Gasteiger charge is 2.16. The van der Waals surface area contributed by atoms with Crippen LogP contribution in [0.4, 0.5) is 0 Å². The van der Waals surface area contributed by atoms with Crippen LogP contribution in [0.1, 0.15) is 129 Å². The van der Waals surface area contributed by atoms with Gasteiger partial charge in [0.1, 0.15) is 0 Å². The second-order valence-electron chi connectivity index (χ2n) is 8.64. The van der Waals surface area contributed by atoms with Crippen molar-refractivity contribution in [2.24, 2.45) is 5.10 Å². The van der Waals surface area contributed by atoms with Crippen molar-refractivity contribution in [2.75, 3.05) is 6.54 Å². The number of carbonyl (C=O) groups is 2. The Labute approximate surface area is 186 Å². The van der Waals surface area contributed by atoms with E-state index in [9.17, 15) is 9.59 Å². The third-order valence-corrected chi connectivity index (χ3v) is 5.73. The number of ketones is 1. The lowest BCUT2D eigenvalue weighted by Crippen LogP contribution is -2.40. The summed E-state index contributed by atoms with van der Waals surface area (Å²) in [4.78, 5) is 23.8. The van der Waals surface area contributed by atoms with E-state index in [-0.39, 0.29) is 17.7 Å². The Morgan fingerprint density at radius 2 is 1.23 bits per heavy atom. The average Bonchev–Trinajstić information content (AvgIpc) is 2.73. The van der Waals surface area contributed by atoms with Crippen molar-refractivity contribution in [1.29, 1.82) is 0 Å². The predicted molar refractivity (Wildman–Crippen MR) is 129 cm³/mol. The molecule has 0 aromatic heterocycles. The molecule has 0 radical (unpaired) electrons. The molecule has 5 heteroatoms. The van der Waals surface area contributed by atoms with Crippen molar-refractivity contribution in [2.45, 2.75) is 135 Å². The fourth-order valence-electron chi connectivity index (χ4n) is 3.76. The monoisotopic (exact) mass is 423 g/mol. The lowest BCUT2D eigenvalue weighted by atomic mass is 10.0. The lowest BCUT2D eigenvalue weighted by Gasteiger charge is -2.15. The molecule has 0 saturated carbocycles. The van der Waals surface area contributed by atoms with Gasteiger partial charge in [0.25, 0.3) is 0 Å². The van der Waals surface area contributed by atoms with Gasteiger partial charge in [-0.2, -0.15) is 5.10 Å². The molecule has 1 unspecified atom stereocenters. The number of hydrogen-bond acceptors (Lipinski definition) is 4. The Balaban J connectivity index is 3.46. The molecule has 0 saturated heterocycles. The van der Waals surface area contributed by atoms with E-state index in [0.717, 1.165) is 19.3 Å². The average molecular weight is 424 g/mol. The molecular weight excluding hydrogens is 374 g/mol.